The van der Waals surface area contributed by atoms with Gasteiger partial charge in [-0.05, 0) is 55.7 Å². The number of carbonyl (C=O) groups is 1. The number of benzene rings is 1. The molecule has 174 valence electrons. The second-order valence-corrected chi connectivity index (χ2v) is 8.58. The molecule has 1 aliphatic rings. The number of rotatable bonds is 8. The summed E-state index contributed by atoms with van der Waals surface area (Å²) < 4.78 is 11.3. The van der Waals surface area contributed by atoms with Gasteiger partial charge in [0.2, 0.25) is 5.91 Å². The molecular formula is C25H31N5O3. The van der Waals surface area contributed by atoms with Gasteiger partial charge in [0, 0.05) is 49.9 Å². The maximum absolute atomic E-state index is 11.7. The van der Waals surface area contributed by atoms with Crippen molar-refractivity contribution in [1.29, 1.82) is 0 Å². The van der Waals surface area contributed by atoms with Crippen LogP contribution in [0.4, 0.5) is 5.82 Å². The van der Waals surface area contributed by atoms with Gasteiger partial charge in [0.25, 0.3) is 0 Å². The lowest BCUT2D eigenvalue weighted by Gasteiger charge is -2.15. The molecule has 1 atom stereocenters. The molecule has 8 nitrogen and oxygen atoms in total. The van der Waals surface area contributed by atoms with Crippen LogP contribution in [0.2, 0.25) is 0 Å². The van der Waals surface area contributed by atoms with Crippen molar-refractivity contribution in [3.63, 3.8) is 0 Å². The van der Waals surface area contributed by atoms with Gasteiger partial charge in [-0.25, -0.2) is 4.98 Å². The third-order valence-electron chi connectivity index (χ3n) is 5.85. The van der Waals surface area contributed by atoms with Crippen molar-refractivity contribution < 1.29 is 14.3 Å². The fourth-order valence-corrected chi connectivity index (χ4v) is 4.18. The van der Waals surface area contributed by atoms with E-state index < -0.39 is 0 Å². The normalized spacial score (nSPS) is 15.7. The molecule has 33 heavy (non-hydrogen) atoms. The molecule has 8 heteroatoms. The Balaban J connectivity index is 1.48. The summed E-state index contributed by atoms with van der Waals surface area (Å²) in [6.07, 6.45) is 4.64. The summed E-state index contributed by atoms with van der Waals surface area (Å²) in [6.45, 7) is 7.71. The average Bonchev–Trinajstić information content (AvgIpc) is 3.47. The van der Waals surface area contributed by atoms with Crippen molar-refractivity contribution in [2.24, 2.45) is 0 Å². The highest BCUT2D eigenvalue weighted by molar-refractivity contribution is 5.74. The van der Waals surface area contributed by atoms with Crippen LogP contribution < -0.4 is 14.8 Å². The number of pyridine rings is 1. The molecule has 0 radical (unpaired) electrons. The standard InChI is InChI=1S/C25H31N5O3/c1-16(2)33-23-11-18(5-6-22(23)32-4)13-27-24-12-19(7-9-26-24)21-14-28-29-25(21)20-8-10-30(15-20)17(3)31/h5-7,9,11-12,14,16,20H,8,10,13,15H2,1-4H3,(H,26,27)(H,28,29). The average molecular weight is 450 g/mol. The highest BCUT2D eigenvalue weighted by atomic mass is 16.5. The van der Waals surface area contributed by atoms with Gasteiger partial charge in [0.05, 0.1) is 19.4 Å². The van der Waals surface area contributed by atoms with E-state index in [2.05, 4.69) is 20.5 Å². The lowest BCUT2D eigenvalue weighted by Crippen LogP contribution is -2.25. The predicted octanol–water partition coefficient (Wildman–Crippen LogP) is 4.22. The molecule has 2 N–H and O–H groups in total. The molecule has 1 fully saturated rings. The van der Waals surface area contributed by atoms with E-state index in [1.165, 1.54) is 0 Å². The number of carbonyl (C=O) groups excluding carboxylic acids is 1. The number of aromatic nitrogens is 3. The van der Waals surface area contributed by atoms with E-state index in [1.807, 2.05) is 55.3 Å². The molecule has 1 aromatic carbocycles. The minimum atomic E-state index is 0.0620. The Morgan fingerprint density at radius 2 is 2.12 bits per heavy atom. The maximum atomic E-state index is 11.7. The molecular weight excluding hydrogens is 418 g/mol. The first-order valence-electron chi connectivity index (χ1n) is 11.3. The van der Waals surface area contributed by atoms with Crippen molar-refractivity contribution in [3.8, 4) is 22.6 Å². The number of ether oxygens (including phenoxy) is 2. The Morgan fingerprint density at radius 3 is 2.85 bits per heavy atom. The molecule has 4 rings (SSSR count). The van der Waals surface area contributed by atoms with E-state index in [4.69, 9.17) is 9.47 Å². The zero-order chi connectivity index (χ0) is 23.4. The Kier molecular flexibility index (Phi) is 6.82. The van der Waals surface area contributed by atoms with Gasteiger partial charge in [-0.15, -0.1) is 0 Å². The van der Waals surface area contributed by atoms with Gasteiger partial charge in [-0.1, -0.05) is 6.07 Å². The SMILES string of the molecule is COc1ccc(CNc2cc(-c3cn[nH]c3C3CCN(C(C)=O)C3)ccn2)cc1OC(C)C. The monoisotopic (exact) mass is 449 g/mol. The van der Waals surface area contributed by atoms with E-state index in [9.17, 15) is 4.79 Å². The van der Waals surface area contributed by atoms with Gasteiger partial charge in [0.1, 0.15) is 5.82 Å². The summed E-state index contributed by atoms with van der Waals surface area (Å²) in [5.74, 6) is 2.60. The van der Waals surface area contributed by atoms with E-state index in [0.29, 0.717) is 6.54 Å². The second kappa shape index (κ2) is 9.94. The molecule has 2 aromatic heterocycles. The summed E-state index contributed by atoms with van der Waals surface area (Å²) in [5.41, 5.74) is 4.23. The fourth-order valence-electron chi connectivity index (χ4n) is 4.18. The number of methoxy groups -OCH3 is 1. The van der Waals surface area contributed by atoms with Gasteiger partial charge in [-0.2, -0.15) is 5.10 Å². The number of aromatic amines is 1. The Hall–Kier alpha value is -3.55. The second-order valence-electron chi connectivity index (χ2n) is 8.58. The Morgan fingerprint density at radius 1 is 1.27 bits per heavy atom. The quantitative estimate of drug-likeness (QED) is 0.535. The molecule has 1 aliphatic heterocycles. The number of amides is 1. The minimum absolute atomic E-state index is 0.0620. The van der Waals surface area contributed by atoms with Crippen molar-refractivity contribution in [1.82, 2.24) is 20.1 Å². The van der Waals surface area contributed by atoms with Crippen molar-refractivity contribution in [3.05, 3.63) is 54.0 Å². The number of nitrogens with zero attached hydrogens (tertiary/aromatic N) is 3. The van der Waals surface area contributed by atoms with Crippen LogP contribution in [0.3, 0.4) is 0 Å². The molecule has 0 aliphatic carbocycles. The van der Waals surface area contributed by atoms with Crippen molar-refractivity contribution in [2.75, 3.05) is 25.5 Å². The summed E-state index contributed by atoms with van der Waals surface area (Å²) in [6, 6.07) is 9.94. The summed E-state index contributed by atoms with van der Waals surface area (Å²) in [4.78, 5) is 18.1. The summed E-state index contributed by atoms with van der Waals surface area (Å²) in [5, 5.41) is 10.9. The van der Waals surface area contributed by atoms with Crippen LogP contribution in [0.1, 0.15) is 44.4 Å². The molecule has 3 heterocycles. The zero-order valence-electron chi connectivity index (χ0n) is 19.6. The van der Waals surface area contributed by atoms with Crippen molar-refractivity contribution in [2.45, 2.75) is 45.8 Å². The molecule has 0 spiro atoms. The van der Waals surface area contributed by atoms with Gasteiger partial charge < -0.3 is 19.7 Å². The lowest BCUT2D eigenvalue weighted by molar-refractivity contribution is -0.127. The number of hydrogen-bond acceptors (Lipinski definition) is 6. The van der Waals surface area contributed by atoms with Crippen LogP contribution in [0.5, 0.6) is 11.5 Å². The van der Waals surface area contributed by atoms with Gasteiger partial charge in [0.15, 0.2) is 11.5 Å². The third kappa shape index (κ3) is 5.27. The number of likely N-dealkylation sites (tertiary alicyclic amines) is 1. The first-order valence-corrected chi connectivity index (χ1v) is 11.3. The Labute approximate surface area is 194 Å². The molecule has 1 amide bonds. The summed E-state index contributed by atoms with van der Waals surface area (Å²) in [7, 11) is 1.64. The molecule has 3 aromatic rings. The maximum Gasteiger partial charge on any atom is 0.219 e. The number of hydrogen-bond donors (Lipinski definition) is 2. The van der Waals surface area contributed by atoms with E-state index in [-0.39, 0.29) is 17.9 Å². The van der Waals surface area contributed by atoms with Gasteiger partial charge in [-0.3, -0.25) is 9.89 Å². The first-order chi connectivity index (χ1) is 15.9. The highest BCUT2D eigenvalue weighted by Crippen LogP contribution is 2.34. The van der Waals surface area contributed by atoms with Crippen LogP contribution in [0, 0.1) is 0 Å². The molecule has 0 bridgehead atoms. The van der Waals surface area contributed by atoms with Crippen LogP contribution in [-0.2, 0) is 11.3 Å². The number of H-pyrrole nitrogens is 1. The Bertz CT molecular complexity index is 1110. The minimum Gasteiger partial charge on any atom is -0.493 e. The van der Waals surface area contributed by atoms with Gasteiger partial charge >= 0.3 is 0 Å². The summed E-state index contributed by atoms with van der Waals surface area (Å²) >= 11 is 0. The number of anilines is 1. The fraction of sp³-hybridized carbons (Fsp3) is 0.400. The molecule has 0 saturated carbocycles. The van der Waals surface area contributed by atoms with E-state index in [1.54, 1.807) is 20.2 Å². The van der Waals surface area contributed by atoms with E-state index >= 15 is 0 Å². The highest BCUT2D eigenvalue weighted by Gasteiger charge is 2.28. The number of nitrogens with one attached hydrogen (secondary N) is 2. The zero-order valence-corrected chi connectivity index (χ0v) is 19.6. The largest absolute Gasteiger partial charge is 0.493 e. The molecule has 1 unspecified atom stereocenters. The van der Waals surface area contributed by atoms with Crippen LogP contribution >= 0.6 is 0 Å². The van der Waals surface area contributed by atoms with Crippen LogP contribution in [-0.4, -0.2) is 52.3 Å². The topological polar surface area (TPSA) is 92.4 Å². The third-order valence-corrected chi connectivity index (χ3v) is 5.85. The van der Waals surface area contributed by atoms with Crippen molar-refractivity contribution >= 4 is 11.7 Å². The lowest BCUT2D eigenvalue weighted by atomic mass is 9.97. The first kappa shape index (κ1) is 22.6. The predicted molar refractivity (Wildman–Crippen MR) is 128 cm³/mol. The van der Waals surface area contributed by atoms with Crippen LogP contribution in [0.25, 0.3) is 11.1 Å². The van der Waals surface area contributed by atoms with Crippen LogP contribution in [0.15, 0.2) is 42.7 Å². The van der Waals surface area contributed by atoms with E-state index in [0.717, 1.165) is 59.2 Å². The smallest absolute Gasteiger partial charge is 0.219 e. The molecule has 1 saturated heterocycles.